The zero-order valence-electron chi connectivity index (χ0n) is 16.3. The minimum absolute atomic E-state index is 0.258. The molecule has 1 N–H and O–H groups in total. The van der Waals surface area contributed by atoms with Crippen LogP contribution in [0.2, 0.25) is 5.02 Å². The lowest BCUT2D eigenvalue weighted by Gasteiger charge is -2.24. The molecule has 3 aromatic carbocycles. The summed E-state index contributed by atoms with van der Waals surface area (Å²) in [6.45, 7) is 2.37. The van der Waals surface area contributed by atoms with Gasteiger partial charge in [0.15, 0.2) is 0 Å². The minimum atomic E-state index is -0.348. The number of hydrogen-bond donors (Lipinski definition) is 1. The van der Waals surface area contributed by atoms with Crippen LogP contribution < -0.4 is 5.32 Å². The third-order valence-corrected chi connectivity index (χ3v) is 4.68. The standard InChI is InChI=1S/C25H24ClNO2/c1-2-17-29-24(28)18-23(19-9-5-3-6-10-19)25(20-13-15-21(26)16-14-20)27-22-11-7-4-8-12-22/h3-16,18,25,27H,2,17H2,1H3. The van der Waals surface area contributed by atoms with Gasteiger partial charge < -0.3 is 10.1 Å². The van der Waals surface area contributed by atoms with Gasteiger partial charge in [-0.2, -0.15) is 0 Å². The molecule has 4 heteroatoms. The first-order valence-corrected chi connectivity index (χ1v) is 10.1. The third-order valence-electron chi connectivity index (χ3n) is 4.43. The molecule has 3 aromatic rings. The zero-order chi connectivity index (χ0) is 20.5. The fraction of sp³-hybridized carbons (Fsp3) is 0.160. The number of nitrogens with one attached hydrogen (secondary N) is 1. The molecule has 0 amide bonds. The number of benzene rings is 3. The van der Waals surface area contributed by atoms with E-state index in [2.05, 4.69) is 5.32 Å². The number of ether oxygens (including phenoxy) is 1. The van der Waals surface area contributed by atoms with Crippen LogP contribution in [-0.4, -0.2) is 12.6 Å². The number of para-hydroxylation sites is 1. The largest absolute Gasteiger partial charge is 0.463 e. The van der Waals surface area contributed by atoms with E-state index in [1.807, 2.05) is 91.9 Å². The molecule has 3 rings (SSSR count). The Kier molecular flexibility index (Phi) is 7.48. The molecule has 148 valence electrons. The van der Waals surface area contributed by atoms with Crippen molar-refractivity contribution in [3.63, 3.8) is 0 Å². The molecule has 0 spiro atoms. The van der Waals surface area contributed by atoms with E-state index in [0.29, 0.717) is 11.6 Å². The summed E-state index contributed by atoms with van der Waals surface area (Å²) < 4.78 is 5.33. The van der Waals surface area contributed by atoms with E-state index < -0.39 is 0 Å². The van der Waals surface area contributed by atoms with Crippen molar-refractivity contribution in [3.8, 4) is 0 Å². The minimum Gasteiger partial charge on any atom is -0.463 e. The highest BCUT2D eigenvalue weighted by Gasteiger charge is 2.20. The quantitative estimate of drug-likeness (QED) is 0.342. The van der Waals surface area contributed by atoms with E-state index in [9.17, 15) is 4.79 Å². The Hall–Kier alpha value is -3.04. The van der Waals surface area contributed by atoms with Gasteiger partial charge in [0.05, 0.1) is 12.6 Å². The predicted octanol–water partition coefficient (Wildman–Crippen LogP) is 6.53. The highest BCUT2D eigenvalue weighted by atomic mass is 35.5. The number of anilines is 1. The molecule has 0 radical (unpaired) electrons. The Morgan fingerprint density at radius 2 is 1.59 bits per heavy atom. The number of carbonyl (C=O) groups is 1. The topological polar surface area (TPSA) is 38.3 Å². The maximum atomic E-state index is 12.5. The summed E-state index contributed by atoms with van der Waals surface area (Å²) in [4.78, 5) is 12.5. The Morgan fingerprint density at radius 3 is 2.21 bits per heavy atom. The molecule has 1 atom stereocenters. The van der Waals surface area contributed by atoms with Gasteiger partial charge in [-0.1, -0.05) is 79.2 Å². The van der Waals surface area contributed by atoms with Crippen molar-refractivity contribution >= 4 is 28.8 Å². The summed E-state index contributed by atoms with van der Waals surface area (Å²) in [6.07, 6.45) is 2.36. The smallest absolute Gasteiger partial charge is 0.331 e. The fourth-order valence-corrected chi connectivity index (χ4v) is 3.16. The second kappa shape index (κ2) is 10.5. The maximum Gasteiger partial charge on any atom is 0.331 e. The van der Waals surface area contributed by atoms with Crippen molar-refractivity contribution in [1.29, 1.82) is 0 Å². The molecule has 0 aromatic heterocycles. The molecule has 3 nitrogen and oxygen atoms in total. The summed E-state index contributed by atoms with van der Waals surface area (Å²) in [5.41, 5.74) is 3.73. The second-order valence-electron chi connectivity index (χ2n) is 6.63. The van der Waals surface area contributed by atoms with E-state index in [0.717, 1.165) is 28.8 Å². The van der Waals surface area contributed by atoms with Gasteiger partial charge >= 0.3 is 5.97 Å². The average molecular weight is 406 g/mol. The van der Waals surface area contributed by atoms with Crippen LogP contribution in [-0.2, 0) is 9.53 Å². The highest BCUT2D eigenvalue weighted by Crippen LogP contribution is 2.34. The molecular weight excluding hydrogens is 382 g/mol. The van der Waals surface area contributed by atoms with Gasteiger partial charge in [-0.15, -0.1) is 0 Å². The molecule has 0 bridgehead atoms. The Morgan fingerprint density at radius 1 is 0.966 bits per heavy atom. The van der Waals surface area contributed by atoms with E-state index in [4.69, 9.17) is 16.3 Å². The summed E-state index contributed by atoms with van der Waals surface area (Å²) >= 11 is 6.11. The molecule has 0 heterocycles. The van der Waals surface area contributed by atoms with Gasteiger partial charge in [-0.25, -0.2) is 4.79 Å². The van der Waals surface area contributed by atoms with Crippen molar-refractivity contribution < 1.29 is 9.53 Å². The van der Waals surface area contributed by atoms with Gasteiger partial charge in [0, 0.05) is 16.8 Å². The zero-order valence-corrected chi connectivity index (χ0v) is 17.1. The SMILES string of the molecule is CCCOC(=O)C=C(c1ccccc1)C(Nc1ccccc1)c1ccc(Cl)cc1. The maximum absolute atomic E-state index is 12.5. The van der Waals surface area contributed by atoms with E-state index >= 15 is 0 Å². The van der Waals surface area contributed by atoms with E-state index in [1.165, 1.54) is 0 Å². The molecule has 0 aliphatic carbocycles. The normalized spacial score (nSPS) is 12.3. The average Bonchev–Trinajstić information content (AvgIpc) is 2.77. The molecule has 0 fully saturated rings. The molecule has 29 heavy (non-hydrogen) atoms. The summed E-state index contributed by atoms with van der Waals surface area (Å²) in [7, 11) is 0. The molecule has 1 unspecified atom stereocenters. The lowest BCUT2D eigenvalue weighted by molar-refractivity contribution is -0.137. The van der Waals surface area contributed by atoms with Gasteiger partial charge in [-0.3, -0.25) is 0 Å². The van der Waals surface area contributed by atoms with Gasteiger partial charge in [-0.05, 0) is 47.4 Å². The van der Waals surface area contributed by atoms with Crippen LogP contribution >= 0.6 is 11.6 Å². The number of hydrogen-bond acceptors (Lipinski definition) is 3. The lowest BCUT2D eigenvalue weighted by atomic mass is 9.92. The van der Waals surface area contributed by atoms with Crippen LogP contribution in [0.3, 0.4) is 0 Å². The summed E-state index contributed by atoms with van der Waals surface area (Å²) in [6, 6.07) is 27.2. The van der Waals surface area contributed by atoms with Crippen LogP contribution in [0, 0.1) is 0 Å². The third kappa shape index (κ3) is 5.97. The molecule has 0 aliphatic rings. The van der Waals surface area contributed by atoms with Gasteiger partial charge in [0.1, 0.15) is 0 Å². The van der Waals surface area contributed by atoms with Crippen molar-refractivity contribution in [3.05, 3.63) is 107 Å². The monoisotopic (exact) mass is 405 g/mol. The fourth-order valence-electron chi connectivity index (χ4n) is 3.03. The van der Waals surface area contributed by atoms with Crippen molar-refractivity contribution in [1.82, 2.24) is 0 Å². The van der Waals surface area contributed by atoms with Crippen molar-refractivity contribution in [2.24, 2.45) is 0 Å². The van der Waals surface area contributed by atoms with E-state index in [1.54, 1.807) is 6.08 Å². The van der Waals surface area contributed by atoms with Gasteiger partial charge in [0.2, 0.25) is 0 Å². The van der Waals surface area contributed by atoms with Crippen LogP contribution in [0.5, 0.6) is 0 Å². The van der Waals surface area contributed by atoms with Crippen molar-refractivity contribution in [2.75, 3.05) is 11.9 Å². The number of halogens is 1. The molecule has 0 aliphatic heterocycles. The molecule has 0 saturated heterocycles. The summed E-state index contributed by atoms with van der Waals surface area (Å²) in [5, 5.41) is 4.22. The highest BCUT2D eigenvalue weighted by molar-refractivity contribution is 6.30. The predicted molar refractivity (Wildman–Crippen MR) is 120 cm³/mol. The molecular formula is C25H24ClNO2. The second-order valence-corrected chi connectivity index (χ2v) is 7.06. The molecule has 0 saturated carbocycles. The Bertz CT molecular complexity index is 938. The first-order valence-electron chi connectivity index (χ1n) is 9.68. The Balaban J connectivity index is 2.07. The first kappa shape index (κ1) is 20.7. The Labute approximate surface area is 177 Å². The number of rotatable bonds is 8. The van der Waals surface area contributed by atoms with Crippen LogP contribution in [0.15, 0.2) is 91.0 Å². The first-order chi connectivity index (χ1) is 14.2. The van der Waals surface area contributed by atoms with Crippen LogP contribution in [0.25, 0.3) is 5.57 Å². The van der Waals surface area contributed by atoms with Crippen LogP contribution in [0.1, 0.15) is 30.5 Å². The van der Waals surface area contributed by atoms with Crippen LogP contribution in [0.4, 0.5) is 5.69 Å². The van der Waals surface area contributed by atoms with Gasteiger partial charge in [0.25, 0.3) is 0 Å². The van der Waals surface area contributed by atoms with Crippen molar-refractivity contribution in [2.45, 2.75) is 19.4 Å². The summed E-state index contributed by atoms with van der Waals surface area (Å²) in [5.74, 6) is -0.348. The lowest BCUT2D eigenvalue weighted by Crippen LogP contribution is -2.15. The number of esters is 1. The number of carbonyl (C=O) groups excluding carboxylic acids is 1. The van der Waals surface area contributed by atoms with E-state index in [-0.39, 0.29) is 12.0 Å².